The highest BCUT2D eigenvalue weighted by molar-refractivity contribution is 5.21. The summed E-state index contributed by atoms with van der Waals surface area (Å²) < 4.78 is 0. The summed E-state index contributed by atoms with van der Waals surface area (Å²) in [5.41, 5.74) is 3.94. The summed E-state index contributed by atoms with van der Waals surface area (Å²) in [4.78, 5) is 7.95. The molecule has 0 radical (unpaired) electrons. The van der Waals surface area contributed by atoms with Crippen LogP contribution in [0, 0.1) is 0 Å². The number of aryl methyl sites for hydroxylation is 2. The molecule has 0 saturated heterocycles. The Morgan fingerprint density at radius 3 is 2.09 bits per heavy atom. The molecule has 0 saturated carbocycles. The summed E-state index contributed by atoms with van der Waals surface area (Å²) in [6.07, 6.45) is 7.46. The van der Waals surface area contributed by atoms with E-state index in [0.29, 0.717) is 0 Å². The number of aromatic amines is 1. The van der Waals surface area contributed by atoms with Crippen molar-refractivity contribution in [3.8, 4) is 0 Å². The minimum Gasteiger partial charge on any atom is -0.346 e. The van der Waals surface area contributed by atoms with E-state index < -0.39 is 0 Å². The van der Waals surface area contributed by atoms with Crippen LogP contribution < -0.4 is 0 Å². The minimum absolute atomic E-state index is 0.928. The van der Waals surface area contributed by atoms with Crippen LogP contribution in [0.4, 0.5) is 0 Å². The first-order valence-electron chi connectivity index (χ1n) is 8.01. The van der Waals surface area contributed by atoms with E-state index in [-0.39, 0.29) is 0 Å². The Morgan fingerprint density at radius 1 is 0.727 bits per heavy atom. The Hall–Kier alpha value is -2.35. The van der Waals surface area contributed by atoms with Crippen molar-refractivity contribution in [1.29, 1.82) is 0 Å². The lowest BCUT2D eigenvalue weighted by Gasteiger charge is -2.01. The van der Waals surface area contributed by atoms with Crippen molar-refractivity contribution in [2.45, 2.75) is 32.1 Å². The van der Waals surface area contributed by atoms with Crippen LogP contribution in [0.25, 0.3) is 0 Å². The second-order valence-electron chi connectivity index (χ2n) is 5.71. The zero-order valence-corrected chi connectivity index (χ0v) is 12.8. The summed E-state index contributed by atoms with van der Waals surface area (Å²) >= 11 is 0. The SMILES string of the molecule is c1ccc(CCCCc2ncc(Cc3ccccc3)[nH]2)cc1. The summed E-state index contributed by atoms with van der Waals surface area (Å²) in [6.45, 7) is 0. The molecule has 0 atom stereocenters. The smallest absolute Gasteiger partial charge is 0.106 e. The Labute approximate surface area is 132 Å². The summed E-state index contributed by atoms with van der Waals surface area (Å²) in [5, 5.41) is 0. The Morgan fingerprint density at radius 2 is 1.36 bits per heavy atom. The van der Waals surface area contributed by atoms with E-state index in [4.69, 9.17) is 0 Å². The molecule has 2 nitrogen and oxygen atoms in total. The number of aromatic nitrogens is 2. The lowest BCUT2D eigenvalue weighted by Crippen LogP contribution is -1.92. The third kappa shape index (κ3) is 4.32. The van der Waals surface area contributed by atoms with Gasteiger partial charge in [-0.05, 0) is 30.4 Å². The molecule has 0 aliphatic rings. The fraction of sp³-hybridized carbons (Fsp3) is 0.250. The van der Waals surface area contributed by atoms with Crippen molar-refractivity contribution in [2.75, 3.05) is 0 Å². The second-order valence-corrected chi connectivity index (χ2v) is 5.71. The molecule has 2 heteroatoms. The largest absolute Gasteiger partial charge is 0.346 e. The van der Waals surface area contributed by atoms with E-state index in [1.807, 2.05) is 6.20 Å². The van der Waals surface area contributed by atoms with Gasteiger partial charge in [0.1, 0.15) is 5.82 Å². The highest BCUT2D eigenvalue weighted by atomic mass is 14.9. The number of unbranched alkanes of at least 4 members (excludes halogenated alkanes) is 1. The van der Waals surface area contributed by atoms with Gasteiger partial charge in [-0.15, -0.1) is 0 Å². The summed E-state index contributed by atoms with van der Waals surface area (Å²) in [7, 11) is 0. The van der Waals surface area contributed by atoms with Crippen LogP contribution in [0.2, 0.25) is 0 Å². The molecular formula is C20H22N2. The molecule has 0 fully saturated rings. The van der Waals surface area contributed by atoms with E-state index in [0.717, 1.165) is 25.1 Å². The third-order valence-electron chi connectivity index (χ3n) is 3.89. The van der Waals surface area contributed by atoms with Gasteiger partial charge in [0, 0.05) is 24.7 Å². The van der Waals surface area contributed by atoms with E-state index in [1.165, 1.54) is 29.7 Å². The molecule has 1 aromatic heterocycles. The molecule has 2 aromatic carbocycles. The number of imidazole rings is 1. The molecule has 3 aromatic rings. The first kappa shape index (κ1) is 14.6. The Kier molecular flexibility index (Phi) is 5.04. The van der Waals surface area contributed by atoms with Gasteiger partial charge < -0.3 is 4.98 Å². The molecule has 112 valence electrons. The zero-order valence-electron chi connectivity index (χ0n) is 12.8. The van der Waals surface area contributed by atoms with Gasteiger partial charge in [0.15, 0.2) is 0 Å². The van der Waals surface area contributed by atoms with Gasteiger partial charge in [0.25, 0.3) is 0 Å². The fourth-order valence-corrected chi connectivity index (χ4v) is 2.70. The normalized spacial score (nSPS) is 10.7. The number of benzene rings is 2. The highest BCUT2D eigenvalue weighted by Crippen LogP contribution is 2.10. The van der Waals surface area contributed by atoms with Crippen molar-refractivity contribution in [3.05, 3.63) is 89.5 Å². The molecule has 0 aliphatic carbocycles. The molecule has 0 amide bonds. The quantitative estimate of drug-likeness (QED) is 0.635. The monoisotopic (exact) mass is 290 g/mol. The van der Waals surface area contributed by atoms with Crippen LogP contribution in [-0.2, 0) is 19.3 Å². The van der Waals surface area contributed by atoms with Crippen LogP contribution in [-0.4, -0.2) is 9.97 Å². The molecule has 3 rings (SSSR count). The lowest BCUT2D eigenvalue weighted by atomic mass is 10.1. The van der Waals surface area contributed by atoms with Gasteiger partial charge in [-0.2, -0.15) is 0 Å². The molecule has 0 aliphatic heterocycles. The topological polar surface area (TPSA) is 28.7 Å². The van der Waals surface area contributed by atoms with Crippen LogP contribution in [0.15, 0.2) is 66.9 Å². The van der Waals surface area contributed by atoms with Crippen LogP contribution in [0.5, 0.6) is 0 Å². The predicted octanol–water partition coefficient (Wildman–Crippen LogP) is 4.57. The molecule has 22 heavy (non-hydrogen) atoms. The number of hydrogen-bond acceptors (Lipinski definition) is 1. The predicted molar refractivity (Wildman–Crippen MR) is 90.9 cm³/mol. The third-order valence-corrected chi connectivity index (χ3v) is 3.89. The second kappa shape index (κ2) is 7.60. The van der Waals surface area contributed by atoms with Crippen molar-refractivity contribution in [2.24, 2.45) is 0 Å². The van der Waals surface area contributed by atoms with Gasteiger partial charge >= 0.3 is 0 Å². The van der Waals surface area contributed by atoms with Crippen molar-refractivity contribution in [3.63, 3.8) is 0 Å². The van der Waals surface area contributed by atoms with E-state index in [1.54, 1.807) is 0 Å². The number of nitrogens with zero attached hydrogens (tertiary/aromatic N) is 1. The van der Waals surface area contributed by atoms with Crippen LogP contribution in [0.1, 0.15) is 35.5 Å². The molecule has 0 bridgehead atoms. The first-order chi connectivity index (χ1) is 10.9. The number of hydrogen-bond donors (Lipinski definition) is 1. The van der Waals surface area contributed by atoms with E-state index in [2.05, 4.69) is 70.6 Å². The van der Waals surface area contributed by atoms with E-state index in [9.17, 15) is 0 Å². The van der Waals surface area contributed by atoms with Crippen molar-refractivity contribution < 1.29 is 0 Å². The first-order valence-corrected chi connectivity index (χ1v) is 8.01. The van der Waals surface area contributed by atoms with Gasteiger partial charge in [-0.3, -0.25) is 0 Å². The maximum atomic E-state index is 4.50. The average Bonchev–Trinajstić information content (AvgIpc) is 3.01. The van der Waals surface area contributed by atoms with Gasteiger partial charge in [0.05, 0.1) is 0 Å². The van der Waals surface area contributed by atoms with Gasteiger partial charge in [-0.1, -0.05) is 60.7 Å². The lowest BCUT2D eigenvalue weighted by molar-refractivity contribution is 0.712. The van der Waals surface area contributed by atoms with E-state index >= 15 is 0 Å². The minimum atomic E-state index is 0.928. The maximum absolute atomic E-state index is 4.50. The summed E-state index contributed by atoms with van der Waals surface area (Å²) in [5.74, 6) is 1.11. The molecule has 1 N–H and O–H groups in total. The molecular weight excluding hydrogens is 268 g/mol. The van der Waals surface area contributed by atoms with Crippen molar-refractivity contribution >= 4 is 0 Å². The number of H-pyrrole nitrogens is 1. The van der Waals surface area contributed by atoms with Gasteiger partial charge in [-0.25, -0.2) is 4.98 Å². The fourth-order valence-electron chi connectivity index (χ4n) is 2.70. The molecule has 1 heterocycles. The van der Waals surface area contributed by atoms with Gasteiger partial charge in [0.2, 0.25) is 0 Å². The van der Waals surface area contributed by atoms with Crippen LogP contribution >= 0.6 is 0 Å². The maximum Gasteiger partial charge on any atom is 0.106 e. The Bertz CT molecular complexity index is 671. The zero-order chi connectivity index (χ0) is 15.0. The van der Waals surface area contributed by atoms with Crippen LogP contribution in [0.3, 0.4) is 0 Å². The molecule has 0 spiro atoms. The molecule has 0 unspecified atom stereocenters. The standard InChI is InChI=1S/C20H22N2/c1-3-9-17(10-4-1)11-7-8-14-20-21-16-19(22-20)15-18-12-5-2-6-13-18/h1-6,9-10,12-13,16H,7-8,11,14-15H2,(H,21,22). The van der Waals surface area contributed by atoms with Crippen molar-refractivity contribution in [1.82, 2.24) is 9.97 Å². The summed E-state index contributed by atoms with van der Waals surface area (Å²) in [6, 6.07) is 21.2. The average molecular weight is 290 g/mol. The number of nitrogens with one attached hydrogen (secondary N) is 1. The Balaban J connectivity index is 1.44. The number of rotatable bonds is 7. The highest BCUT2D eigenvalue weighted by Gasteiger charge is 2.02.